The van der Waals surface area contributed by atoms with Crippen molar-refractivity contribution >= 4 is 35.1 Å². The summed E-state index contributed by atoms with van der Waals surface area (Å²) in [5, 5.41) is 5.82. The molecule has 29 heavy (non-hydrogen) atoms. The number of hydrogen-bond acceptors (Lipinski definition) is 5. The van der Waals surface area contributed by atoms with E-state index in [9.17, 15) is 14.4 Å². The number of fused-ring (bicyclic) bond motifs is 1. The van der Waals surface area contributed by atoms with Gasteiger partial charge in [0.25, 0.3) is 5.91 Å². The largest absolute Gasteiger partial charge is 0.454 e. The van der Waals surface area contributed by atoms with Crippen LogP contribution in [-0.4, -0.2) is 36.1 Å². The van der Waals surface area contributed by atoms with Gasteiger partial charge in [0.2, 0.25) is 12.7 Å². The zero-order valence-corrected chi connectivity index (χ0v) is 16.5. The third-order valence-electron chi connectivity index (χ3n) is 5.00. The molecule has 150 valence electrons. The molecule has 2 aliphatic heterocycles. The lowest BCUT2D eigenvalue weighted by molar-refractivity contribution is -0.133. The van der Waals surface area contributed by atoms with Crippen LogP contribution in [0.2, 0.25) is 5.02 Å². The van der Waals surface area contributed by atoms with Crippen LogP contribution in [-0.2, 0) is 15.1 Å². The minimum absolute atomic E-state index is 0.102. The molecule has 0 aliphatic carbocycles. The molecule has 9 heteroatoms. The van der Waals surface area contributed by atoms with E-state index in [-0.39, 0.29) is 6.79 Å². The van der Waals surface area contributed by atoms with Gasteiger partial charge in [-0.1, -0.05) is 23.7 Å². The number of nitrogens with zero attached hydrogens (tertiary/aromatic N) is 1. The number of imide groups is 1. The predicted octanol–water partition coefficient (Wildman–Crippen LogP) is 2.78. The zero-order chi connectivity index (χ0) is 20.8. The second kappa shape index (κ2) is 6.97. The average Bonchev–Trinajstić information content (AvgIpc) is 3.23. The lowest BCUT2D eigenvalue weighted by Crippen LogP contribution is -2.42. The van der Waals surface area contributed by atoms with Gasteiger partial charge in [-0.2, -0.15) is 0 Å². The summed E-state index contributed by atoms with van der Waals surface area (Å²) >= 11 is 5.96. The molecule has 2 aliphatic rings. The van der Waals surface area contributed by atoms with Gasteiger partial charge in [0.05, 0.1) is 0 Å². The molecule has 2 aromatic rings. The van der Waals surface area contributed by atoms with E-state index in [4.69, 9.17) is 21.1 Å². The Labute approximate surface area is 171 Å². The molecule has 0 spiro atoms. The van der Waals surface area contributed by atoms with Gasteiger partial charge in [0.15, 0.2) is 11.5 Å². The van der Waals surface area contributed by atoms with Crippen LogP contribution in [0.4, 0.5) is 10.5 Å². The van der Waals surface area contributed by atoms with Crippen LogP contribution in [0.3, 0.4) is 0 Å². The Morgan fingerprint density at radius 3 is 2.76 bits per heavy atom. The van der Waals surface area contributed by atoms with Crippen molar-refractivity contribution in [3.05, 3.63) is 52.5 Å². The minimum atomic E-state index is -1.32. The van der Waals surface area contributed by atoms with E-state index in [1.165, 1.54) is 0 Å². The first-order valence-corrected chi connectivity index (χ1v) is 9.26. The summed E-state index contributed by atoms with van der Waals surface area (Å²) in [7, 11) is 0. The van der Waals surface area contributed by atoms with Crippen molar-refractivity contribution in [2.45, 2.75) is 19.4 Å². The van der Waals surface area contributed by atoms with Gasteiger partial charge in [0, 0.05) is 10.7 Å². The van der Waals surface area contributed by atoms with Gasteiger partial charge in [0.1, 0.15) is 12.1 Å². The predicted molar refractivity (Wildman–Crippen MR) is 105 cm³/mol. The maximum Gasteiger partial charge on any atom is 0.325 e. The van der Waals surface area contributed by atoms with Crippen molar-refractivity contribution in [3.63, 3.8) is 0 Å². The SMILES string of the molecule is Cc1ccc(Cl)cc1NC(=O)CN1C(=O)N[C@](C)(c2ccc3c(c2)OCO3)C1=O. The maximum atomic E-state index is 13.0. The number of anilines is 1. The molecule has 4 rings (SSSR count). The van der Waals surface area contributed by atoms with E-state index in [2.05, 4.69) is 10.6 Å². The standard InChI is InChI=1S/C20H18ClN3O5/c1-11-3-5-13(21)8-14(11)22-17(25)9-24-18(26)20(2,23-19(24)27)12-4-6-15-16(7-12)29-10-28-15/h3-8H,9-10H2,1-2H3,(H,22,25)(H,23,27)/t20-/m1/s1. The fourth-order valence-corrected chi connectivity index (χ4v) is 3.48. The van der Waals surface area contributed by atoms with Gasteiger partial charge >= 0.3 is 6.03 Å². The van der Waals surface area contributed by atoms with Gasteiger partial charge in [-0.15, -0.1) is 0 Å². The summed E-state index contributed by atoms with van der Waals surface area (Å²) in [5.74, 6) is 0.0359. The van der Waals surface area contributed by atoms with Crippen molar-refractivity contribution in [2.24, 2.45) is 0 Å². The number of carbonyl (C=O) groups is 3. The summed E-state index contributed by atoms with van der Waals surface area (Å²) in [6.07, 6.45) is 0. The lowest BCUT2D eigenvalue weighted by atomic mass is 9.91. The van der Waals surface area contributed by atoms with Crippen LogP contribution >= 0.6 is 11.6 Å². The van der Waals surface area contributed by atoms with Crippen molar-refractivity contribution < 1.29 is 23.9 Å². The topological polar surface area (TPSA) is 97.0 Å². The number of ether oxygens (including phenoxy) is 2. The number of urea groups is 1. The van der Waals surface area contributed by atoms with Gasteiger partial charge < -0.3 is 20.1 Å². The highest BCUT2D eigenvalue weighted by Crippen LogP contribution is 2.37. The Balaban J connectivity index is 1.52. The third kappa shape index (κ3) is 3.36. The molecule has 1 atom stereocenters. The van der Waals surface area contributed by atoms with Crippen LogP contribution in [0.5, 0.6) is 11.5 Å². The van der Waals surface area contributed by atoms with E-state index in [1.807, 2.05) is 6.92 Å². The second-order valence-corrected chi connectivity index (χ2v) is 7.46. The Morgan fingerprint density at radius 2 is 1.97 bits per heavy atom. The molecular weight excluding hydrogens is 398 g/mol. The van der Waals surface area contributed by atoms with E-state index < -0.39 is 29.9 Å². The Morgan fingerprint density at radius 1 is 1.21 bits per heavy atom. The third-order valence-corrected chi connectivity index (χ3v) is 5.24. The van der Waals surface area contributed by atoms with Crippen molar-refractivity contribution in [1.29, 1.82) is 0 Å². The van der Waals surface area contributed by atoms with E-state index in [1.54, 1.807) is 43.3 Å². The number of aryl methyl sites for hydroxylation is 1. The van der Waals surface area contributed by atoms with Crippen LogP contribution < -0.4 is 20.1 Å². The summed E-state index contributed by atoms with van der Waals surface area (Å²) in [6.45, 7) is 3.09. The number of nitrogens with one attached hydrogen (secondary N) is 2. The number of amides is 4. The van der Waals surface area contributed by atoms with E-state index in [0.717, 1.165) is 10.5 Å². The maximum absolute atomic E-state index is 13.0. The first kappa shape index (κ1) is 19.1. The number of carbonyl (C=O) groups excluding carboxylic acids is 3. The van der Waals surface area contributed by atoms with Crippen LogP contribution in [0.1, 0.15) is 18.1 Å². The van der Waals surface area contributed by atoms with E-state index >= 15 is 0 Å². The van der Waals surface area contributed by atoms with Crippen molar-refractivity contribution in [2.75, 3.05) is 18.7 Å². The average molecular weight is 416 g/mol. The molecule has 2 aromatic carbocycles. The molecule has 2 heterocycles. The molecule has 0 aromatic heterocycles. The molecule has 0 unspecified atom stereocenters. The summed E-state index contributed by atoms with van der Waals surface area (Å²) in [5.41, 5.74) is 0.552. The molecule has 8 nitrogen and oxygen atoms in total. The molecule has 1 saturated heterocycles. The molecule has 4 amide bonds. The first-order chi connectivity index (χ1) is 13.8. The van der Waals surface area contributed by atoms with Crippen LogP contribution in [0, 0.1) is 6.92 Å². The zero-order valence-electron chi connectivity index (χ0n) is 15.7. The normalized spacial score (nSPS) is 20.0. The highest BCUT2D eigenvalue weighted by atomic mass is 35.5. The van der Waals surface area contributed by atoms with Gasteiger partial charge in [-0.25, -0.2) is 4.79 Å². The second-order valence-electron chi connectivity index (χ2n) is 7.02. The molecular formula is C20H18ClN3O5. The number of hydrogen-bond donors (Lipinski definition) is 2. The Kier molecular flexibility index (Phi) is 4.58. The molecule has 0 radical (unpaired) electrons. The first-order valence-electron chi connectivity index (χ1n) is 8.88. The number of rotatable bonds is 4. The fourth-order valence-electron chi connectivity index (χ4n) is 3.31. The lowest BCUT2D eigenvalue weighted by Gasteiger charge is -2.22. The molecule has 2 N–H and O–H groups in total. The number of halogens is 1. The van der Waals surface area contributed by atoms with Crippen molar-refractivity contribution in [1.82, 2.24) is 10.2 Å². The molecule has 0 saturated carbocycles. The van der Waals surface area contributed by atoms with Gasteiger partial charge in [-0.05, 0) is 49.2 Å². The number of benzene rings is 2. The van der Waals surface area contributed by atoms with Crippen LogP contribution in [0.25, 0.3) is 0 Å². The Bertz CT molecular complexity index is 1040. The monoisotopic (exact) mass is 415 g/mol. The highest BCUT2D eigenvalue weighted by molar-refractivity contribution is 6.31. The smallest absolute Gasteiger partial charge is 0.325 e. The quantitative estimate of drug-likeness (QED) is 0.748. The molecule has 0 bridgehead atoms. The summed E-state index contributed by atoms with van der Waals surface area (Å²) in [4.78, 5) is 38.8. The van der Waals surface area contributed by atoms with E-state index in [0.29, 0.717) is 27.8 Å². The highest BCUT2D eigenvalue weighted by Gasteiger charge is 2.49. The van der Waals surface area contributed by atoms with Gasteiger partial charge in [-0.3, -0.25) is 14.5 Å². The fraction of sp³-hybridized carbons (Fsp3) is 0.250. The Hall–Kier alpha value is -3.26. The van der Waals surface area contributed by atoms with Crippen molar-refractivity contribution in [3.8, 4) is 11.5 Å². The molecule has 1 fully saturated rings. The van der Waals surface area contributed by atoms with Crippen LogP contribution in [0.15, 0.2) is 36.4 Å². The summed E-state index contributed by atoms with van der Waals surface area (Å²) in [6, 6.07) is 9.46. The minimum Gasteiger partial charge on any atom is -0.454 e. The summed E-state index contributed by atoms with van der Waals surface area (Å²) < 4.78 is 10.6.